The number of ether oxygens (including phenoxy) is 1. The first-order valence-electron chi connectivity index (χ1n) is 8.17. The molecule has 0 aromatic heterocycles. The fourth-order valence-electron chi connectivity index (χ4n) is 2.33. The second kappa shape index (κ2) is 8.44. The van der Waals surface area contributed by atoms with E-state index in [1.165, 1.54) is 24.3 Å². The smallest absolute Gasteiger partial charge is 0.270 e. The SMILES string of the molecule is O=C(/C=C/c1cccc([N+](=O)[O-])c1)Nc1ccc(Oc2ccccc2)cc1. The van der Waals surface area contributed by atoms with Crippen molar-refractivity contribution in [3.05, 3.63) is 101 Å². The van der Waals surface area contributed by atoms with Crippen LogP contribution in [0.15, 0.2) is 84.9 Å². The van der Waals surface area contributed by atoms with E-state index in [9.17, 15) is 14.9 Å². The van der Waals surface area contributed by atoms with E-state index in [4.69, 9.17) is 4.74 Å². The van der Waals surface area contributed by atoms with Gasteiger partial charge in [0.05, 0.1) is 4.92 Å². The molecule has 1 N–H and O–H groups in total. The molecule has 0 unspecified atom stereocenters. The van der Waals surface area contributed by atoms with Gasteiger partial charge < -0.3 is 10.1 Å². The van der Waals surface area contributed by atoms with E-state index in [0.717, 1.165) is 5.75 Å². The zero-order valence-electron chi connectivity index (χ0n) is 14.2. The normalized spacial score (nSPS) is 10.5. The lowest BCUT2D eigenvalue weighted by molar-refractivity contribution is -0.384. The molecule has 0 heterocycles. The Morgan fingerprint density at radius 2 is 1.63 bits per heavy atom. The van der Waals surface area contributed by atoms with Gasteiger partial charge in [-0.3, -0.25) is 14.9 Å². The number of nitrogens with zero attached hydrogens (tertiary/aromatic N) is 1. The van der Waals surface area contributed by atoms with Gasteiger partial charge in [-0.15, -0.1) is 0 Å². The van der Waals surface area contributed by atoms with E-state index in [2.05, 4.69) is 5.32 Å². The van der Waals surface area contributed by atoms with Crippen LogP contribution in [0.1, 0.15) is 5.56 Å². The van der Waals surface area contributed by atoms with Crippen molar-refractivity contribution in [1.82, 2.24) is 0 Å². The molecular weight excluding hydrogens is 344 g/mol. The number of hydrogen-bond donors (Lipinski definition) is 1. The highest BCUT2D eigenvalue weighted by molar-refractivity contribution is 6.01. The number of benzene rings is 3. The maximum atomic E-state index is 12.0. The van der Waals surface area contributed by atoms with Gasteiger partial charge in [-0.25, -0.2) is 0 Å². The maximum absolute atomic E-state index is 12.0. The van der Waals surface area contributed by atoms with E-state index in [-0.39, 0.29) is 11.6 Å². The number of carbonyl (C=O) groups is 1. The van der Waals surface area contributed by atoms with Crippen LogP contribution in [0.2, 0.25) is 0 Å². The first kappa shape index (κ1) is 17.9. The third-order valence-electron chi connectivity index (χ3n) is 3.61. The van der Waals surface area contributed by atoms with Crippen molar-refractivity contribution in [2.45, 2.75) is 0 Å². The Morgan fingerprint density at radius 3 is 2.33 bits per heavy atom. The molecule has 0 saturated carbocycles. The van der Waals surface area contributed by atoms with Crippen LogP contribution in [0.25, 0.3) is 6.08 Å². The largest absolute Gasteiger partial charge is 0.457 e. The Hall–Kier alpha value is -3.93. The quantitative estimate of drug-likeness (QED) is 0.379. The molecule has 3 aromatic carbocycles. The first-order chi connectivity index (χ1) is 13.1. The van der Waals surface area contributed by atoms with Gasteiger partial charge in [-0.1, -0.05) is 30.3 Å². The first-order valence-corrected chi connectivity index (χ1v) is 8.17. The average molecular weight is 360 g/mol. The minimum absolute atomic E-state index is 0.0217. The molecule has 0 radical (unpaired) electrons. The topological polar surface area (TPSA) is 81.5 Å². The molecule has 0 atom stereocenters. The summed E-state index contributed by atoms with van der Waals surface area (Å²) in [7, 11) is 0. The molecule has 6 heteroatoms. The molecule has 0 aliphatic rings. The van der Waals surface area contributed by atoms with Gasteiger partial charge in [-0.2, -0.15) is 0 Å². The summed E-state index contributed by atoms with van der Waals surface area (Å²) >= 11 is 0. The minimum Gasteiger partial charge on any atom is -0.457 e. The van der Waals surface area contributed by atoms with E-state index >= 15 is 0 Å². The molecule has 3 aromatic rings. The Labute approximate surface area is 155 Å². The Balaban J connectivity index is 1.59. The summed E-state index contributed by atoms with van der Waals surface area (Å²) in [6, 6.07) is 22.4. The molecule has 0 aliphatic heterocycles. The van der Waals surface area contributed by atoms with Gasteiger partial charge in [0.2, 0.25) is 5.91 Å². The molecule has 0 aliphatic carbocycles. The highest BCUT2D eigenvalue weighted by Crippen LogP contribution is 2.22. The van der Waals surface area contributed by atoms with E-state index in [1.54, 1.807) is 36.4 Å². The molecule has 27 heavy (non-hydrogen) atoms. The van der Waals surface area contributed by atoms with Crippen molar-refractivity contribution in [2.75, 3.05) is 5.32 Å². The monoisotopic (exact) mass is 360 g/mol. The van der Waals surface area contributed by atoms with Crippen LogP contribution < -0.4 is 10.1 Å². The van der Waals surface area contributed by atoms with Crippen LogP contribution in [-0.2, 0) is 4.79 Å². The summed E-state index contributed by atoms with van der Waals surface area (Å²) in [6.07, 6.45) is 2.85. The van der Waals surface area contributed by atoms with E-state index < -0.39 is 4.92 Å². The lowest BCUT2D eigenvalue weighted by atomic mass is 10.2. The maximum Gasteiger partial charge on any atom is 0.270 e. The van der Waals surface area contributed by atoms with E-state index in [0.29, 0.717) is 17.0 Å². The van der Waals surface area contributed by atoms with Crippen LogP contribution in [0.3, 0.4) is 0 Å². The second-order valence-corrected chi connectivity index (χ2v) is 5.61. The molecule has 0 saturated heterocycles. The number of nitrogens with one attached hydrogen (secondary N) is 1. The number of non-ortho nitro benzene ring substituents is 1. The molecule has 6 nitrogen and oxygen atoms in total. The molecule has 0 bridgehead atoms. The lowest BCUT2D eigenvalue weighted by Gasteiger charge is -2.07. The fourth-order valence-corrected chi connectivity index (χ4v) is 2.33. The Morgan fingerprint density at radius 1 is 0.926 bits per heavy atom. The van der Waals surface area contributed by atoms with Crippen molar-refractivity contribution in [3.8, 4) is 11.5 Å². The second-order valence-electron chi connectivity index (χ2n) is 5.61. The van der Waals surface area contributed by atoms with E-state index in [1.807, 2.05) is 30.3 Å². The molecular formula is C21H16N2O4. The van der Waals surface area contributed by atoms with Crippen LogP contribution in [-0.4, -0.2) is 10.8 Å². The van der Waals surface area contributed by atoms with Crippen LogP contribution in [0.4, 0.5) is 11.4 Å². The zero-order valence-corrected chi connectivity index (χ0v) is 14.2. The number of rotatable bonds is 6. The number of nitro groups is 1. The summed E-state index contributed by atoms with van der Waals surface area (Å²) in [5.41, 5.74) is 1.17. The third kappa shape index (κ3) is 5.27. The summed E-state index contributed by atoms with van der Waals surface area (Å²) in [4.78, 5) is 22.3. The highest BCUT2D eigenvalue weighted by Gasteiger charge is 2.04. The van der Waals surface area contributed by atoms with Crippen molar-refractivity contribution in [3.63, 3.8) is 0 Å². The molecule has 134 valence electrons. The van der Waals surface area contributed by atoms with Gasteiger partial charge in [0.25, 0.3) is 5.69 Å². The van der Waals surface area contributed by atoms with Gasteiger partial charge in [0.15, 0.2) is 0 Å². The standard InChI is InChI=1S/C21H16N2O4/c24-21(14-9-16-5-4-6-18(15-16)23(25)26)22-17-10-12-20(13-11-17)27-19-7-2-1-3-8-19/h1-15H,(H,22,24)/b14-9+. The Kier molecular flexibility index (Phi) is 5.59. The summed E-state index contributed by atoms with van der Waals surface area (Å²) < 4.78 is 5.69. The number of anilines is 1. The van der Waals surface area contributed by atoms with Crippen LogP contribution >= 0.6 is 0 Å². The fraction of sp³-hybridized carbons (Fsp3) is 0. The van der Waals surface area contributed by atoms with Crippen molar-refractivity contribution in [2.24, 2.45) is 0 Å². The zero-order chi connectivity index (χ0) is 19.1. The average Bonchev–Trinajstić information content (AvgIpc) is 2.69. The summed E-state index contributed by atoms with van der Waals surface area (Å²) in [5, 5.41) is 13.5. The van der Waals surface area contributed by atoms with Gasteiger partial charge in [-0.05, 0) is 48.0 Å². The molecule has 0 spiro atoms. The van der Waals surface area contributed by atoms with Crippen molar-refractivity contribution >= 4 is 23.4 Å². The summed E-state index contributed by atoms with van der Waals surface area (Å²) in [6.45, 7) is 0. The van der Waals surface area contributed by atoms with Crippen molar-refractivity contribution in [1.29, 1.82) is 0 Å². The molecule has 3 rings (SSSR count). The number of carbonyl (C=O) groups excluding carboxylic acids is 1. The molecule has 0 fully saturated rings. The van der Waals surface area contributed by atoms with Gasteiger partial charge >= 0.3 is 0 Å². The van der Waals surface area contributed by atoms with Crippen LogP contribution in [0.5, 0.6) is 11.5 Å². The number of para-hydroxylation sites is 1. The predicted octanol–water partition coefficient (Wildman–Crippen LogP) is 5.04. The van der Waals surface area contributed by atoms with Crippen molar-refractivity contribution < 1.29 is 14.5 Å². The van der Waals surface area contributed by atoms with Gasteiger partial charge in [0.1, 0.15) is 11.5 Å². The number of hydrogen-bond acceptors (Lipinski definition) is 4. The highest BCUT2D eigenvalue weighted by atomic mass is 16.6. The Bertz CT molecular complexity index is 967. The lowest BCUT2D eigenvalue weighted by Crippen LogP contribution is -2.07. The number of amides is 1. The number of nitro benzene ring substituents is 1. The third-order valence-corrected chi connectivity index (χ3v) is 3.61. The molecule has 1 amide bonds. The predicted molar refractivity (Wildman–Crippen MR) is 104 cm³/mol. The van der Waals surface area contributed by atoms with Gasteiger partial charge in [0, 0.05) is 23.9 Å². The summed E-state index contributed by atoms with van der Waals surface area (Å²) in [5.74, 6) is 1.05. The minimum atomic E-state index is -0.476. The van der Waals surface area contributed by atoms with Crippen LogP contribution in [0, 0.1) is 10.1 Å².